The number of ether oxygens (including phenoxy) is 2. The van der Waals surface area contributed by atoms with Crippen molar-refractivity contribution < 1.29 is 14.3 Å². The molecule has 0 amide bonds. The van der Waals surface area contributed by atoms with E-state index >= 15 is 0 Å². The summed E-state index contributed by atoms with van der Waals surface area (Å²) in [4.78, 5) is 12.2. The lowest BCUT2D eigenvalue weighted by molar-refractivity contribution is -0.137. The van der Waals surface area contributed by atoms with E-state index in [-0.39, 0.29) is 5.97 Å². The third-order valence-corrected chi connectivity index (χ3v) is 5.28. The molecule has 3 heteroatoms. The number of hydrogen-bond donors (Lipinski definition) is 0. The summed E-state index contributed by atoms with van der Waals surface area (Å²) in [5.41, 5.74) is 3.19. The van der Waals surface area contributed by atoms with Gasteiger partial charge in [0.15, 0.2) is 0 Å². The third-order valence-electron chi connectivity index (χ3n) is 5.28. The quantitative estimate of drug-likeness (QED) is 0.222. The molecule has 0 fully saturated rings. The second-order valence-corrected chi connectivity index (χ2v) is 7.54. The molecule has 0 aliphatic carbocycles. The highest BCUT2D eigenvalue weighted by atomic mass is 16.5. The Bertz CT molecular complexity index is 1210. The van der Waals surface area contributed by atoms with Gasteiger partial charge in [-0.1, -0.05) is 66.7 Å². The summed E-state index contributed by atoms with van der Waals surface area (Å²) >= 11 is 0. The highest BCUT2D eigenvalue weighted by Crippen LogP contribution is 2.26. The standard InChI is InChI=1S/C29H26O3/c1-2-31-29(30)21-26(25-17-16-23-8-6-7-9-24(23)20-25)15-12-22-13-18-28(19-14-22)32-27-10-4-3-5-11-27/h3-11,13-14,16-21H,2,12,15H2,1H3/b26-21-. The lowest BCUT2D eigenvalue weighted by atomic mass is 9.96. The predicted molar refractivity (Wildman–Crippen MR) is 130 cm³/mol. The van der Waals surface area contributed by atoms with Crippen LogP contribution in [0.2, 0.25) is 0 Å². The van der Waals surface area contributed by atoms with E-state index in [1.807, 2.05) is 61.5 Å². The zero-order chi connectivity index (χ0) is 22.2. The SMILES string of the molecule is CCOC(=O)/C=C(/CCc1ccc(Oc2ccccc2)cc1)c1ccc2ccccc2c1. The number of carbonyl (C=O) groups excluding carboxylic acids is 1. The highest BCUT2D eigenvalue weighted by Gasteiger charge is 2.08. The van der Waals surface area contributed by atoms with Gasteiger partial charge < -0.3 is 9.47 Å². The summed E-state index contributed by atoms with van der Waals surface area (Å²) < 4.78 is 11.0. The average Bonchev–Trinajstić information content (AvgIpc) is 2.83. The Morgan fingerprint density at radius 1 is 0.781 bits per heavy atom. The van der Waals surface area contributed by atoms with Crippen LogP contribution in [0.5, 0.6) is 11.5 Å². The number of carbonyl (C=O) groups is 1. The van der Waals surface area contributed by atoms with Crippen LogP contribution in [0.25, 0.3) is 16.3 Å². The molecule has 0 aromatic heterocycles. The van der Waals surface area contributed by atoms with Crippen LogP contribution >= 0.6 is 0 Å². The second-order valence-electron chi connectivity index (χ2n) is 7.54. The van der Waals surface area contributed by atoms with Crippen molar-refractivity contribution in [3.8, 4) is 11.5 Å². The summed E-state index contributed by atoms with van der Waals surface area (Å²) in [5, 5.41) is 2.34. The summed E-state index contributed by atoms with van der Waals surface area (Å²) in [6.07, 6.45) is 3.17. The molecule has 0 N–H and O–H groups in total. The normalized spacial score (nSPS) is 11.3. The molecule has 3 nitrogen and oxygen atoms in total. The summed E-state index contributed by atoms with van der Waals surface area (Å²) in [5.74, 6) is 1.32. The number of benzene rings is 4. The van der Waals surface area contributed by atoms with Gasteiger partial charge in [-0.3, -0.25) is 0 Å². The predicted octanol–water partition coefficient (Wildman–Crippen LogP) is 7.21. The topological polar surface area (TPSA) is 35.5 Å². The molecule has 0 aliphatic heterocycles. The van der Waals surface area contributed by atoms with Crippen molar-refractivity contribution in [2.24, 2.45) is 0 Å². The monoisotopic (exact) mass is 422 g/mol. The van der Waals surface area contributed by atoms with E-state index in [2.05, 4.69) is 42.5 Å². The molecule has 0 saturated heterocycles. The maximum absolute atomic E-state index is 12.2. The van der Waals surface area contributed by atoms with Gasteiger partial charge in [0.25, 0.3) is 0 Å². The molecule has 0 atom stereocenters. The molecule has 0 bridgehead atoms. The van der Waals surface area contributed by atoms with Crippen LogP contribution in [0, 0.1) is 0 Å². The van der Waals surface area contributed by atoms with Gasteiger partial charge in [-0.15, -0.1) is 0 Å². The van der Waals surface area contributed by atoms with Gasteiger partial charge in [0.2, 0.25) is 0 Å². The molecule has 4 aromatic carbocycles. The summed E-state index contributed by atoms with van der Waals surface area (Å²) in [7, 11) is 0. The molecule has 0 heterocycles. The maximum atomic E-state index is 12.2. The van der Waals surface area contributed by atoms with Crippen LogP contribution < -0.4 is 4.74 Å². The number of hydrogen-bond acceptors (Lipinski definition) is 3. The van der Waals surface area contributed by atoms with E-state index in [4.69, 9.17) is 9.47 Å². The minimum absolute atomic E-state index is 0.303. The van der Waals surface area contributed by atoms with E-state index in [1.54, 1.807) is 6.08 Å². The van der Waals surface area contributed by atoms with Crippen molar-refractivity contribution >= 4 is 22.3 Å². The Kier molecular flexibility index (Phi) is 6.98. The van der Waals surface area contributed by atoms with Gasteiger partial charge in [-0.05, 0) is 77.6 Å². The zero-order valence-electron chi connectivity index (χ0n) is 18.2. The molecule has 32 heavy (non-hydrogen) atoms. The van der Waals surface area contributed by atoms with Crippen molar-refractivity contribution in [3.05, 3.63) is 114 Å². The fourth-order valence-electron chi connectivity index (χ4n) is 3.64. The molecule has 0 radical (unpaired) electrons. The Morgan fingerprint density at radius 2 is 1.47 bits per heavy atom. The van der Waals surface area contributed by atoms with Gasteiger partial charge in [0, 0.05) is 6.08 Å². The number of esters is 1. The zero-order valence-corrected chi connectivity index (χ0v) is 18.2. The number of aryl methyl sites for hydroxylation is 1. The number of fused-ring (bicyclic) bond motifs is 1. The lowest BCUT2D eigenvalue weighted by Gasteiger charge is -2.11. The van der Waals surface area contributed by atoms with Gasteiger partial charge in [0.05, 0.1) is 6.61 Å². The molecule has 0 aliphatic rings. The lowest BCUT2D eigenvalue weighted by Crippen LogP contribution is -2.02. The maximum Gasteiger partial charge on any atom is 0.331 e. The smallest absolute Gasteiger partial charge is 0.331 e. The van der Waals surface area contributed by atoms with Crippen molar-refractivity contribution in [1.82, 2.24) is 0 Å². The van der Waals surface area contributed by atoms with E-state index in [0.717, 1.165) is 40.9 Å². The first kappa shape index (κ1) is 21.4. The minimum atomic E-state index is -0.303. The van der Waals surface area contributed by atoms with Crippen molar-refractivity contribution in [3.63, 3.8) is 0 Å². The average molecular weight is 423 g/mol. The van der Waals surface area contributed by atoms with Crippen molar-refractivity contribution in [2.45, 2.75) is 19.8 Å². The Balaban J connectivity index is 1.50. The summed E-state index contributed by atoms with van der Waals surface area (Å²) in [6, 6.07) is 32.4. The molecular formula is C29H26O3. The minimum Gasteiger partial charge on any atom is -0.463 e. The second kappa shape index (κ2) is 10.5. The van der Waals surface area contributed by atoms with Crippen LogP contribution in [-0.4, -0.2) is 12.6 Å². The first-order valence-electron chi connectivity index (χ1n) is 10.9. The van der Waals surface area contributed by atoms with Crippen LogP contribution in [-0.2, 0) is 16.0 Å². The molecule has 4 rings (SSSR count). The van der Waals surface area contributed by atoms with E-state index in [9.17, 15) is 4.79 Å². The molecule has 160 valence electrons. The molecule has 0 unspecified atom stereocenters. The molecule has 0 saturated carbocycles. The van der Waals surface area contributed by atoms with Gasteiger partial charge in [-0.25, -0.2) is 4.79 Å². The van der Waals surface area contributed by atoms with Gasteiger partial charge in [-0.2, -0.15) is 0 Å². The van der Waals surface area contributed by atoms with E-state index < -0.39 is 0 Å². The highest BCUT2D eigenvalue weighted by molar-refractivity contribution is 5.93. The third kappa shape index (κ3) is 5.64. The summed E-state index contributed by atoms with van der Waals surface area (Å²) in [6.45, 7) is 2.18. The van der Waals surface area contributed by atoms with Gasteiger partial charge in [0.1, 0.15) is 11.5 Å². The van der Waals surface area contributed by atoms with E-state index in [1.165, 1.54) is 10.9 Å². The van der Waals surface area contributed by atoms with Crippen molar-refractivity contribution in [2.75, 3.05) is 6.61 Å². The Hall–Kier alpha value is -3.85. The van der Waals surface area contributed by atoms with Crippen molar-refractivity contribution in [1.29, 1.82) is 0 Å². The molecule has 4 aromatic rings. The fraction of sp³-hybridized carbons (Fsp3) is 0.138. The van der Waals surface area contributed by atoms with Gasteiger partial charge >= 0.3 is 5.97 Å². The van der Waals surface area contributed by atoms with E-state index in [0.29, 0.717) is 6.61 Å². The first-order valence-corrected chi connectivity index (χ1v) is 10.9. The number of para-hydroxylation sites is 1. The molecular weight excluding hydrogens is 396 g/mol. The molecule has 0 spiro atoms. The Labute approximate surface area is 188 Å². The van der Waals surface area contributed by atoms with Crippen LogP contribution in [0.4, 0.5) is 0 Å². The van der Waals surface area contributed by atoms with Crippen LogP contribution in [0.15, 0.2) is 103 Å². The fourth-order valence-corrected chi connectivity index (χ4v) is 3.64. The first-order chi connectivity index (χ1) is 15.7. The van der Waals surface area contributed by atoms with Crippen LogP contribution in [0.3, 0.4) is 0 Å². The number of allylic oxidation sites excluding steroid dienone is 1. The van der Waals surface area contributed by atoms with Crippen LogP contribution in [0.1, 0.15) is 24.5 Å². The Morgan fingerprint density at radius 3 is 2.22 bits per heavy atom. The number of rotatable bonds is 8. The largest absolute Gasteiger partial charge is 0.463 e.